The molecule has 2 aliphatic carbocycles. The molecule has 2 unspecified atom stereocenters. The number of ether oxygens (including phenoxy) is 1. The third kappa shape index (κ3) is 7.11. The topological polar surface area (TPSA) is 79.5 Å². The van der Waals surface area contributed by atoms with Crippen molar-refractivity contribution in [3.05, 3.63) is 46.9 Å². The van der Waals surface area contributed by atoms with E-state index in [-0.39, 0.29) is 6.04 Å². The lowest BCUT2D eigenvalue weighted by molar-refractivity contribution is 0.281. The number of fused-ring (bicyclic) bond motifs is 1. The van der Waals surface area contributed by atoms with Gasteiger partial charge in [-0.05, 0) is 96.0 Å². The minimum absolute atomic E-state index is 0.167. The zero-order valence-corrected chi connectivity index (χ0v) is 24.4. The first-order valence-corrected chi connectivity index (χ1v) is 15.6. The molecule has 1 aromatic carbocycles. The maximum atomic E-state index is 7.27. The molecule has 0 amide bonds. The number of nitrogens with one attached hydrogen (secondary N) is 1. The van der Waals surface area contributed by atoms with Gasteiger partial charge in [-0.25, -0.2) is 9.97 Å². The summed E-state index contributed by atoms with van der Waals surface area (Å²) in [6.07, 6.45) is 15.2. The van der Waals surface area contributed by atoms with Crippen LogP contribution in [0, 0.1) is 0 Å². The van der Waals surface area contributed by atoms with Crippen LogP contribution in [0.15, 0.2) is 24.3 Å². The van der Waals surface area contributed by atoms with Crippen LogP contribution < -0.4 is 20.7 Å². The van der Waals surface area contributed by atoms with E-state index in [1.54, 1.807) is 0 Å². The van der Waals surface area contributed by atoms with Crippen LogP contribution in [0.4, 0.5) is 5.82 Å². The number of rotatable bonds is 10. The Hall–Kier alpha value is -2.22. The van der Waals surface area contributed by atoms with E-state index in [1.165, 1.54) is 67.6 Å². The van der Waals surface area contributed by atoms with Crippen LogP contribution in [0.2, 0.25) is 0 Å². The fourth-order valence-corrected chi connectivity index (χ4v) is 6.60. The van der Waals surface area contributed by atoms with Crippen molar-refractivity contribution in [1.29, 1.82) is 0 Å². The molecule has 1 aliphatic heterocycles. The van der Waals surface area contributed by atoms with E-state index in [0.29, 0.717) is 0 Å². The van der Waals surface area contributed by atoms with E-state index in [4.69, 9.17) is 20.4 Å². The SMILES string of the molecule is CN(C)CCCOc1ccc(CNC2CCCC2(N)c2nc3c(c(N4CCCCCC4)n2)CCCCC3)cc1. The summed E-state index contributed by atoms with van der Waals surface area (Å²) in [6.45, 7) is 4.79. The second kappa shape index (κ2) is 13.4. The van der Waals surface area contributed by atoms with Crippen molar-refractivity contribution in [2.45, 2.75) is 102 Å². The van der Waals surface area contributed by atoms with Gasteiger partial charge in [0.25, 0.3) is 0 Å². The summed E-state index contributed by atoms with van der Waals surface area (Å²) in [5.74, 6) is 3.01. The molecule has 0 bridgehead atoms. The number of anilines is 1. The van der Waals surface area contributed by atoms with E-state index in [1.807, 2.05) is 0 Å². The minimum atomic E-state index is -0.530. The van der Waals surface area contributed by atoms with E-state index in [9.17, 15) is 0 Å². The molecule has 2 heterocycles. The summed E-state index contributed by atoms with van der Waals surface area (Å²) in [5, 5.41) is 3.81. The predicted molar refractivity (Wildman–Crippen MR) is 159 cm³/mol. The number of hydrogen-bond acceptors (Lipinski definition) is 7. The molecule has 7 nitrogen and oxygen atoms in total. The molecule has 7 heteroatoms. The first kappa shape index (κ1) is 28.3. The molecule has 1 saturated carbocycles. The van der Waals surface area contributed by atoms with Crippen LogP contribution in [0.5, 0.6) is 5.75 Å². The summed E-state index contributed by atoms with van der Waals surface area (Å²) < 4.78 is 5.92. The van der Waals surface area contributed by atoms with Crippen LogP contribution >= 0.6 is 0 Å². The van der Waals surface area contributed by atoms with E-state index >= 15 is 0 Å². The van der Waals surface area contributed by atoms with Crippen LogP contribution in [0.3, 0.4) is 0 Å². The van der Waals surface area contributed by atoms with Crippen molar-refractivity contribution in [2.24, 2.45) is 5.73 Å². The molecule has 3 aliphatic rings. The zero-order chi connectivity index (χ0) is 27.1. The van der Waals surface area contributed by atoms with Crippen molar-refractivity contribution < 1.29 is 4.74 Å². The second-order valence-electron chi connectivity index (χ2n) is 12.3. The van der Waals surface area contributed by atoms with E-state index < -0.39 is 5.54 Å². The average Bonchev–Trinajstić information content (AvgIpc) is 3.13. The van der Waals surface area contributed by atoms with Crippen LogP contribution in [-0.4, -0.2) is 61.2 Å². The van der Waals surface area contributed by atoms with Crippen LogP contribution in [-0.2, 0) is 24.9 Å². The summed E-state index contributed by atoms with van der Waals surface area (Å²) in [7, 11) is 4.19. The van der Waals surface area contributed by atoms with Gasteiger partial charge < -0.3 is 25.6 Å². The smallest absolute Gasteiger partial charge is 0.152 e. The third-order valence-electron chi connectivity index (χ3n) is 8.93. The number of nitrogens with two attached hydrogens (primary N) is 1. The molecule has 214 valence electrons. The number of hydrogen-bond donors (Lipinski definition) is 2. The van der Waals surface area contributed by atoms with Crippen LogP contribution in [0.1, 0.15) is 93.3 Å². The predicted octanol–water partition coefficient (Wildman–Crippen LogP) is 4.95. The summed E-state index contributed by atoms with van der Waals surface area (Å²) in [5.41, 5.74) is 10.7. The van der Waals surface area contributed by atoms with Gasteiger partial charge in [-0.15, -0.1) is 0 Å². The molecule has 1 saturated heterocycles. The molecule has 3 N–H and O–H groups in total. The second-order valence-corrected chi connectivity index (χ2v) is 12.3. The Labute approximate surface area is 235 Å². The maximum Gasteiger partial charge on any atom is 0.152 e. The monoisotopic (exact) mass is 534 g/mol. The van der Waals surface area contributed by atoms with Gasteiger partial charge in [0.05, 0.1) is 12.1 Å². The Balaban J connectivity index is 1.29. The molecular formula is C32H50N6O. The highest BCUT2D eigenvalue weighted by Crippen LogP contribution is 2.38. The number of aromatic nitrogens is 2. The third-order valence-corrected chi connectivity index (χ3v) is 8.93. The molecule has 0 spiro atoms. The van der Waals surface area contributed by atoms with Gasteiger partial charge in [0, 0.05) is 43.5 Å². The lowest BCUT2D eigenvalue weighted by atomic mass is 9.92. The normalized spacial score (nSPS) is 23.9. The van der Waals surface area contributed by atoms with E-state index in [0.717, 1.165) is 82.9 Å². The quantitative estimate of drug-likeness (QED) is 0.330. The molecule has 2 atom stereocenters. The molecule has 1 aromatic heterocycles. The number of benzene rings is 1. The first-order valence-electron chi connectivity index (χ1n) is 15.6. The lowest BCUT2D eigenvalue weighted by Gasteiger charge is -2.33. The minimum Gasteiger partial charge on any atom is -0.494 e. The highest BCUT2D eigenvalue weighted by molar-refractivity contribution is 5.51. The number of nitrogens with zero attached hydrogens (tertiary/aromatic N) is 4. The molecule has 2 aromatic rings. The Morgan fingerprint density at radius 3 is 2.49 bits per heavy atom. The van der Waals surface area contributed by atoms with Gasteiger partial charge in [-0.1, -0.05) is 31.4 Å². The summed E-state index contributed by atoms with van der Waals surface area (Å²) in [4.78, 5) is 15.3. The van der Waals surface area contributed by atoms with Crippen molar-refractivity contribution in [1.82, 2.24) is 20.2 Å². The fraction of sp³-hybridized carbons (Fsp3) is 0.688. The van der Waals surface area contributed by atoms with Crippen molar-refractivity contribution in [2.75, 3.05) is 45.2 Å². The molecule has 39 heavy (non-hydrogen) atoms. The highest BCUT2D eigenvalue weighted by Gasteiger charge is 2.44. The van der Waals surface area contributed by atoms with Gasteiger partial charge in [-0.3, -0.25) is 0 Å². The lowest BCUT2D eigenvalue weighted by Crippen LogP contribution is -2.52. The van der Waals surface area contributed by atoms with Gasteiger partial charge in [0.1, 0.15) is 11.6 Å². The van der Waals surface area contributed by atoms with E-state index in [2.05, 4.69) is 53.5 Å². The standard InChI is InChI=1S/C32H50N6O/c1-37(2)20-11-23-39-26-17-15-25(16-18-26)24-34-29-14-10-19-32(29,33)31-35-28-13-7-5-6-12-27(28)30(36-31)38-21-8-3-4-9-22-38/h15-18,29,34H,3-14,19-24,33H2,1-2H3. The molecule has 0 radical (unpaired) electrons. The van der Waals surface area contributed by atoms with Gasteiger partial charge >= 0.3 is 0 Å². The van der Waals surface area contributed by atoms with Crippen molar-refractivity contribution in [3.63, 3.8) is 0 Å². The van der Waals surface area contributed by atoms with Crippen molar-refractivity contribution in [3.8, 4) is 5.75 Å². The maximum absolute atomic E-state index is 7.27. The largest absolute Gasteiger partial charge is 0.494 e. The zero-order valence-electron chi connectivity index (χ0n) is 24.4. The van der Waals surface area contributed by atoms with Crippen LogP contribution in [0.25, 0.3) is 0 Å². The molecule has 2 fully saturated rings. The summed E-state index contributed by atoms with van der Waals surface area (Å²) >= 11 is 0. The molecular weight excluding hydrogens is 484 g/mol. The van der Waals surface area contributed by atoms with Gasteiger partial charge in [-0.2, -0.15) is 0 Å². The Bertz CT molecular complexity index is 1050. The highest BCUT2D eigenvalue weighted by atomic mass is 16.5. The fourth-order valence-electron chi connectivity index (χ4n) is 6.60. The van der Waals surface area contributed by atoms with Gasteiger partial charge in [0.15, 0.2) is 5.82 Å². The van der Waals surface area contributed by atoms with Crippen molar-refractivity contribution >= 4 is 5.82 Å². The Morgan fingerprint density at radius 1 is 0.974 bits per heavy atom. The average molecular weight is 535 g/mol. The Morgan fingerprint density at radius 2 is 1.72 bits per heavy atom. The molecule has 5 rings (SSSR count). The number of aryl methyl sites for hydroxylation is 1. The first-order chi connectivity index (χ1) is 19.0. The van der Waals surface area contributed by atoms with Gasteiger partial charge in [0.2, 0.25) is 0 Å². The summed E-state index contributed by atoms with van der Waals surface area (Å²) in [6, 6.07) is 8.66. The Kier molecular flexibility index (Phi) is 9.75.